The van der Waals surface area contributed by atoms with Gasteiger partial charge in [-0.15, -0.1) is 0 Å². The zero-order valence-corrected chi connectivity index (χ0v) is 12.2. The second kappa shape index (κ2) is 9.03. The number of hydrazone groups is 1. The number of rotatable bonds is 9. The van der Waals surface area contributed by atoms with Crippen LogP contribution in [0.5, 0.6) is 11.5 Å². The van der Waals surface area contributed by atoms with Crippen molar-refractivity contribution in [3.05, 3.63) is 24.3 Å². The molecule has 0 radical (unpaired) electrons. The molecule has 0 aliphatic heterocycles. The lowest BCUT2D eigenvalue weighted by Crippen LogP contribution is -2.36. The molecule has 0 unspecified atom stereocenters. The zero-order chi connectivity index (χ0) is 17.2. The Kier molecular flexibility index (Phi) is 7.05. The second-order valence-electron chi connectivity index (χ2n) is 4.22. The van der Waals surface area contributed by atoms with Gasteiger partial charge in [0, 0.05) is 5.97 Å². The van der Waals surface area contributed by atoms with E-state index in [9.17, 15) is 24.6 Å². The van der Waals surface area contributed by atoms with E-state index in [0.29, 0.717) is 11.5 Å². The van der Waals surface area contributed by atoms with Gasteiger partial charge in [0.2, 0.25) is 0 Å². The van der Waals surface area contributed by atoms with Crippen molar-refractivity contribution in [3.8, 4) is 11.5 Å². The Morgan fingerprint density at radius 3 is 2.22 bits per heavy atom. The minimum absolute atomic E-state index is 0.405. The molecule has 1 N–H and O–H groups in total. The molecule has 9 nitrogen and oxygen atoms in total. The van der Waals surface area contributed by atoms with E-state index in [-0.39, 0.29) is 0 Å². The van der Waals surface area contributed by atoms with Crippen LogP contribution in [0, 0.1) is 0 Å². The molecular weight excluding hydrogens is 308 g/mol. The number of aliphatic carboxylic acids is 2. The van der Waals surface area contributed by atoms with E-state index in [1.165, 1.54) is 7.11 Å². The highest BCUT2D eigenvalue weighted by Gasteiger charge is 2.05. The van der Waals surface area contributed by atoms with Crippen molar-refractivity contribution in [2.24, 2.45) is 5.10 Å². The van der Waals surface area contributed by atoms with Gasteiger partial charge in [-0.3, -0.25) is 4.79 Å². The quantitative estimate of drug-likeness (QED) is 0.403. The van der Waals surface area contributed by atoms with Gasteiger partial charge in [-0.25, -0.2) is 5.43 Å². The van der Waals surface area contributed by atoms with Crippen LogP contribution in [-0.2, 0) is 14.4 Å². The van der Waals surface area contributed by atoms with Gasteiger partial charge < -0.3 is 29.3 Å². The Hall–Kier alpha value is -3.10. The van der Waals surface area contributed by atoms with E-state index in [2.05, 4.69) is 5.10 Å². The molecule has 9 heteroatoms. The van der Waals surface area contributed by atoms with Gasteiger partial charge >= 0.3 is 0 Å². The zero-order valence-electron chi connectivity index (χ0n) is 12.2. The van der Waals surface area contributed by atoms with Crippen molar-refractivity contribution in [2.45, 2.75) is 12.8 Å². The molecule has 0 fully saturated rings. The molecule has 1 amide bonds. The predicted molar refractivity (Wildman–Crippen MR) is 73.3 cm³/mol. The first kappa shape index (κ1) is 18.0. The van der Waals surface area contributed by atoms with Crippen LogP contribution < -0.4 is 25.1 Å². The predicted octanol–water partition coefficient (Wildman–Crippen LogP) is -2.17. The molecule has 0 aliphatic carbocycles. The van der Waals surface area contributed by atoms with Crippen molar-refractivity contribution < 1.29 is 34.1 Å². The van der Waals surface area contributed by atoms with Crippen molar-refractivity contribution >= 4 is 23.6 Å². The summed E-state index contributed by atoms with van der Waals surface area (Å²) in [7, 11) is 1.51. The molecule has 0 aliphatic rings. The van der Waals surface area contributed by atoms with E-state index < -0.39 is 43.0 Å². The Morgan fingerprint density at radius 1 is 1.09 bits per heavy atom. The number of carbonyl (C=O) groups is 3. The Bertz CT molecular complexity index is 596. The molecule has 0 spiro atoms. The number of carbonyl (C=O) groups excluding carboxylic acids is 3. The number of ether oxygens (including phenoxy) is 2. The molecule has 124 valence electrons. The van der Waals surface area contributed by atoms with E-state index >= 15 is 0 Å². The average molecular weight is 322 g/mol. The Morgan fingerprint density at radius 2 is 1.70 bits per heavy atom. The van der Waals surface area contributed by atoms with Crippen molar-refractivity contribution in [3.63, 3.8) is 0 Å². The summed E-state index contributed by atoms with van der Waals surface area (Å²) in [5.74, 6) is -2.80. The van der Waals surface area contributed by atoms with Crippen molar-refractivity contribution in [1.82, 2.24) is 5.43 Å². The molecule has 0 aromatic heterocycles. The van der Waals surface area contributed by atoms with E-state index in [1.807, 2.05) is 5.43 Å². The highest BCUT2D eigenvalue weighted by atomic mass is 16.5. The number of amides is 1. The van der Waals surface area contributed by atoms with Gasteiger partial charge in [0.25, 0.3) is 5.91 Å². The number of methoxy groups -OCH3 is 1. The summed E-state index contributed by atoms with van der Waals surface area (Å²) in [6, 6.07) is 6.45. The minimum atomic E-state index is -1.68. The smallest absolute Gasteiger partial charge is 0.277 e. The first-order valence-corrected chi connectivity index (χ1v) is 6.46. The molecule has 1 aromatic carbocycles. The van der Waals surface area contributed by atoms with Crippen LogP contribution >= 0.6 is 0 Å². The molecule has 23 heavy (non-hydrogen) atoms. The summed E-state index contributed by atoms with van der Waals surface area (Å²) < 4.78 is 10.1. The number of hydrogen-bond donors (Lipinski definition) is 1. The van der Waals surface area contributed by atoms with Gasteiger partial charge in [0.1, 0.15) is 11.5 Å². The maximum absolute atomic E-state index is 11.5. The van der Waals surface area contributed by atoms with E-state index in [4.69, 9.17) is 9.47 Å². The summed E-state index contributed by atoms with van der Waals surface area (Å²) in [5, 5.41) is 24.3. The summed E-state index contributed by atoms with van der Waals surface area (Å²) >= 11 is 0. The van der Waals surface area contributed by atoms with Crippen LogP contribution in [0.25, 0.3) is 0 Å². The maximum atomic E-state index is 11.5. The fourth-order valence-corrected chi connectivity index (χ4v) is 1.41. The first-order valence-electron chi connectivity index (χ1n) is 6.46. The van der Waals surface area contributed by atoms with Crippen LogP contribution in [0.15, 0.2) is 29.4 Å². The highest BCUT2D eigenvalue weighted by molar-refractivity contribution is 6.34. The maximum Gasteiger partial charge on any atom is 0.277 e. The first-order chi connectivity index (χ1) is 10.9. The van der Waals surface area contributed by atoms with Crippen molar-refractivity contribution in [1.29, 1.82) is 0 Å². The number of nitrogens with zero attached hydrogens (tertiary/aromatic N) is 1. The molecule has 1 rings (SSSR count). The third-order valence-electron chi connectivity index (χ3n) is 2.55. The van der Waals surface area contributed by atoms with Gasteiger partial charge in [-0.05, 0) is 37.1 Å². The van der Waals surface area contributed by atoms with Gasteiger partial charge in [0.05, 0.1) is 18.8 Å². The van der Waals surface area contributed by atoms with Gasteiger partial charge in [-0.1, -0.05) is 0 Å². The van der Waals surface area contributed by atoms with Crippen molar-refractivity contribution in [2.75, 3.05) is 13.7 Å². The summed E-state index contributed by atoms with van der Waals surface area (Å²) in [6.45, 7) is -0.406. The Balaban J connectivity index is 2.48. The van der Waals surface area contributed by atoms with Gasteiger partial charge in [-0.2, -0.15) is 5.10 Å². The number of carboxylic acid groups (broad SMARTS) is 2. The standard InChI is InChI=1S/C14H16N2O7/c1-22-9-2-4-10(5-3-9)23-8-12(17)16-15-11(14(20)21)6-7-13(18)19/h2-5H,6-8H2,1H3,(H,16,17)(H,18,19)(H,20,21)/p-2/b15-11+. The molecule has 0 bridgehead atoms. The topological polar surface area (TPSA) is 140 Å². The molecule has 1 aromatic rings. The normalized spacial score (nSPS) is 10.7. The lowest BCUT2D eigenvalue weighted by Gasteiger charge is -2.09. The average Bonchev–Trinajstić information content (AvgIpc) is 2.52. The summed E-state index contributed by atoms with van der Waals surface area (Å²) in [5.41, 5.74) is 1.34. The molecule has 0 saturated carbocycles. The third-order valence-corrected chi connectivity index (χ3v) is 2.55. The minimum Gasteiger partial charge on any atom is -0.550 e. The SMILES string of the molecule is COc1ccc(OCC(=O)N/N=C(\CCC(=O)[O-])C(=O)[O-])cc1. The number of hydrogen-bond acceptors (Lipinski definition) is 8. The van der Waals surface area contributed by atoms with Gasteiger partial charge in [0.15, 0.2) is 6.61 Å². The number of benzene rings is 1. The van der Waals surface area contributed by atoms with Crippen LogP contribution in [0.3, 0.4) is 0 Å². The van der Waals surface area contributed by atoms with E-state index in [1.54, 1.807) is 24.3 Å². The highest BCUT2D eigenvalue weighted by Crippen LogP contribution is 2.16. The lowest BCUT2D eigenvalue weighted by atomic mass is 10.2. The number of carboxylic acids is 2. The van der Waals surface area contributed by atoms with Crippen LogP contribution in [0.4, 0.5) is 0 Å². The summed E-state index contributed by atoms with van der Waals surface area (Å²) in [6.07, 6.45) is -0.977. The molecule has 0 saturated heterocycles. The van der Waals surface area contributed by atoms with Crippen LogP contribution in [0.2, 0.25) is 0 Å². The third kappa shape index (κ3) is 6.93. The molecular formula is C14H14N2O7-2. The lowest BCUT2D eigenvalue weighted by molar-refractivity contribution is -0.305. The second-order valence-corrected chi connectivity index (χ2v) is 4.22. The molecule has 0 atom stereocenters. The van der Waals surface area contributed by atoms with Crippen LogP contribution in [-0.4, -0.2) is 37.3 Å². The van der Waals surface area contributed by atoms with Crippen LogP contribution in [0.1, 0.15) is 12.8 Å². The Labute approximate surface area is 131 Å². The summed E-state index contributed by atoms with van der Waals surface area (Å²) in [4.78, 5) is 32.5. The monoisotopic (exact) mass is 322 g/mol. The molecule has 0 heterocycles. The van der Waals surface area contributed by atoms with E-state index in [0.717, 1.165) is 0 Å². The largest absolute Gasteiger partial charge is 0.550 e. The fourth-order valence-electron chi connectivity index (χ4n) is 1.41. The number of nitrogens with one attached hydrogen (secondary N) is 1. The fraction of sp³-hybridized carbons (Fsp3) is 0.286.